The zero-order valence-corrected chi connectivity index (χ0v) is 9.28. The number of nitrogens with zero attached hydrogens (tertiary/aromatic N) is 1. The number of pyridine rings is 1. The summed E-state index contributed by atoms with van der Waals surface area (Å²) in [5.41, 5.74) is 1.53. The second-order valence-electron chi connectivity index (χ2n) is 3.54. The third kappa shape index (κ3) is 4.08. The summed E-state index contributed by atoms with van der Waals surface area (Å²) in [7, 11) is 0. The number of hydrogen-bond donors (Lipinski definition) is 1. The molecule has 4 heteroatoms. The number of aromatic nitrogens is 1. The summed E-state index contributed by atoms with van der Waals surface area (Å²) in [4.78, 5) is 15.5. The van der Waals surface area contributed by atoms with Gasteiger partial charge in [0.2, 0.25) is 5.91 Å². The van der Waals surface area contributed by atoms with E-state index in [1.807, 2.05) is 26.8 Å². The van der Waals surface area contributed by atoms with E-state index in [1.54, 1.807) is 12.3 Å². The van der Waals surface area contributed by atoms with Gasteiger partial charge in [0.25, 0.3) is 0 Å². The molecule has 0 aliphatic heterocycles. The van der Waals surface area contributed by atoms with Gasteiger partial charge in [-0.05, 0) is 32.9 Å². The molecule has 0 bridgehead atoms. The van der Waals surface area contributed by atoms with E-state index in [0.717, 1.165) is 11.4 Å². The number of ether oxygens (including phenoxy) is 1. The van der Waals surface area contributed by atoms with Gasteiger partial charge in [0.1, 0.15) is 6.61 Å². The highest BCUT2D eigenvalue weighted by Crippen LogP contribution is 2.09. The van der Waals surface area contributed by atoms with Gasteiger partial charge >= 0.3 is 0 Å². The second kappa shape index (κ2) is 5.46. The number of carbonyl (C=O) groups is 1. The minimum Gasteiger partial charge on any atom is -0.369 e. The first-order valence-corrected chi connectivity index (χ1v) is 4.92. The van der Waals surface area contributed by atoms with Gasteiger partial charge in [-0.1, -0.05) is 0 Å². The largest absolute Gasteiger partial charge is 0.369 e. The van der Waals surface area contributed by atoms with Crippen LogP contribution in [-0.4, -0.2) is 23.6 Å². The van der Waals surface area contributed by atoms with Gasteiger partial charge in [-0.2, -0.15) is 0 Å². The van der Waals surface area contributed by atoms with Crippen molar-refractivity contribution in [2.24, 2.45) is 0 Å². The van der Waals surface area contributed by atoms with Crippen LogP contribution in [0.15, 0.2) is 18.3 Å². The average molecular weight is 208 g/mol. The summed E-state index contributed by atoms with van der Waals surface area (Å²) in [6.45, 7) is 5.70. The Balaban J connectivity index is 2.48. The van der Waals surface area contributed by atoms with Gasteiger partial charge in [-0.3, -0.25) is 9.78 Å². The number of aryl methyl sites for hydroxylation is 1. The maximum Gasteiger partial charge on any atom is 0.250 e. The normalized spacial score (nSPS) is 10.4. The van der Waals surface area contributed by atoms with Crippen LogP contribution in [0, 0.1) is 6.92 Å². The van der Waals surface area contributed by atoms with Gasteiger partial charge in [-0.15, -0.1) is 0 Å². The Labute approximate surface area is 89.7 Å². The Kier molecular flexibility index (Phi) is 4.24. The SMILES string of the molecule is Cc1ncccc1NC(=O)COC(C)C. The molecule has 0 saturated carbocycles. The van der Waals surface area contributed by atoms with Crippen LogP contribution in [0.25, 0.3) is 0 Å². The van der Waals surface area contributed by atoms with Crippen LogP contribution in [0.3, 0.4) is 0 Å². The Morgan fingerprint density at radius 3 is 2.93 bits per heavy atom. The van der Waals surface area contributed by atoms with Crippen LogP contribution < -0.4 is 5.32 Å². The molecule has 1 amide bonds. The fourth-order valence-electron chi connectivity index (χ4n) is 1.04. The molecular weight excluding hydrogens is 192 g/mol. The molecular formula is C11H16N2O2. The predicted molar refractivity (Wildman–Crippen MR) is 58.7 cm³/mol. The van der Waals surface area contributed by atoms with Crippen molar-refractivity contribution in [2.75, 3.05) is 11.9 Å². The monoisotopic (exact) mass is 208 g/mol. The Hall–Kier alpha value is -1.42. The van der Waals surface area contributed by atoms with Crippen molar-refractivity contribution in [3.63, 3.8) is 0 Å². The summed E-state index contributed by atoms with van der Waals surface area (Å²) in [5, 5.41) is 2.74. The molecule has 1 rings (SSSR count). The summed E-state index contributed by atoms with van der Waals surface area (Å²) >= 11 is 0. The van der Waals surface area contributed by atoms with Crippen molar-refractivity contribution < 1.29 is 9.53 Å². The Morgan fingerprint density at radius 1 is 1.60 bits per heavy atom. The number of rotatable bonds is 4. The molecule has 0 aliphatic rings. The molecule has 0 spiro atoms. The lowest BCUT2D eigenvalue weighted by molar-refractivity contribution is -0.121. The highest BCUT2D eigenvalue weighted by molar-refractivity contribution is 5.92. The van der Waals surface area contributed by atoms with Crippen molar-refractivity contribution >= 4 is 11.6 Å². The van der Waals surface area contributed by atoms with Gasteiger partial charge < -0.3 is 10.1 Å². The smallest absolute Gasteiger partial charge is 0.250 e. The molecule has 15 heavy (non-hydrogen) atoms. The topological polar surface area (TPSA) is 51.2 Å². The molecule has 0 radical (unpaired) electrons. The van der Waals surface area contributed by atoms with Crippen LogP contribution in [-0.2, 0) is 9.53 Å². The molecule has 0 aliphatic carbocycles. The molecule has 1 N–H and O–H groups in total. The van der Waals surface area contributed by atoms with E-state index in [1.165, 1.54) is 0 Å². The van der Waals surface area contributed by atoms with Crippen LogP contribution in [0.4, 0.5) is 5.69 Å². The van der Waals surface area contributed by atoms with Crippen molar-refractivity contribution in [3.8, 4) is 0 Å². The first kappa shape index (κ1) is 11.7. The van der Waals surface area contributed by atoms with E-state index >= 15 is 0 Å². The number of nitrogens with one attached hydrogen (secondary N) is 1. The zero-order valence-electron chi connectivity index (χ0n) is 9.28. The Bertz CT molecular complexity index is 337. The first-order valence-electron chi connectivity index (χ1n) is 4.92. The number of hydrogen-bond acceptors (Lipinski definition) is 3. The van der Waals surface area contributed by atoms with Crippen molar-refractivity contribution in [3.05, 3.63) is 24.0 Å². The van der Waals surface area contributed by atoms with Crippen LogP contribution in [0.5, 0.6) is 0 Å². The number of anilines is 1. The standard InChI is InChI=1S/C11H16N2O2/c1-8(2)15-7-11(14)13-10-5-4-6-12-9(10)3/h4-6,8H,7H2,1-3H3,(H,13,14). The second-order valence-corrected chi connectivity index (χ2v) is 3.54. The lowest BCUT2D eigenvalue weighted by Gasteiger charge is -2.09. The summed E-state index contributed by atoms with van der Waals surface area (Å²) < 4.78 is 5.18. The molecule has 0 aromatic carbocycles. The molecule has 1 aromatic rings. The molecule has 1 heterocycles. The average Bonchev–Trinajstić information content (AvgIpc) is 2.18. The van der Waals surface area contributed by atoms with Gasteiger partial charge in [-0.25, -0.2) is 0 Å². The molecule has 0 atom stereocenters. The van der Waals surface area contributed by atoms with E-state index in [-0.39, 0.29) is 18.6 Å². The quantitative estimate of drug-likeness (QED) is 0.820. The van der Waals surface area contributed by atoms with Crippen LogP contribution in [0.2, 0.25) is 0 Å². The van der Waals surface area contributed by atoms with Crippen molar-refractivity contribution in [2.45, 2.75) is 26.9 Å². The molecule has 0 unspecified atom stereocenters. The van der Waals surface area contributed by atoms with E-state index in [4.69, 9.17) is 4.74 Å². The molecule has 82 valence electrons. The lowest BCUT2D eigenvalue weighted by Crippen LogP contribution is -2.21. The van der Waals surface area contributed by atoms with Crippen molar-refractivity contribution in [1.29, 1.82) is 0 Å². The van der Waals surface area contributed by atoms with Gasteiger partial charge in [0.05, 0.1) is 17.5 Å². The highest BCUT2D eigenvalue weighted by Gasteiger charge is 2.05. The highest BCUT2D eigenvalue weighted by atomic mass is 16.5. The molecule has 1 aromatic heterocycles. The Morgan fingerprint density at radius 2 is 2.33 bits per heavy atom. The maximum atomic E-state index is 11.4. The summed E-state index contributed by atoms with van der Waals surface area (Å²) in [6, 6.07) is 3.60. The van der Waals surface area contributed by atoms with E-state index in [0.29, 0.717) is 0 Å². The van der Waals surface area contributed by atoms with Crippen LogP contribution in [0.1, 0.15) is 19.5 Å². The first-order chi connectivity index (χ1) is 7.09. The fourth-order valence-corrected chi connectivity index (χ4v) is 1.04. The predicted octanol–water partition coefficient (Wildman–Crippen LogP) is 1.75. The van der Waals surface area contributed by atoms with Gasteiger partial charge in [0, 0.05) is 6.20 Å². The third-order valence-electron chi connectivity index (χ3n) is 1.83. The van der Waals surface area contributed by atoms with E-state index in [9.17, 15) is 4.79 Å². The number of amides is 1. The molecule has 4 nitrogen and oxygen atoms in total. The molecule has 0 fully saturated rings. The fraction of sp³-hybridized carbons (Fsp3) is 0.455. The van der Waals surface area contributed by atoms with Crippen molar-refractivity contribution in [1.82, 2.24) is 4.98 Å². The minimum atomic E-state index is -0.153. The number of carbonyl (C=O) groups excluding carboxylic acids is 1. The van der Waals surface area contributed by atoms with E-state index < -0.39 is 0 Å². The van der Waals surface area contributed by atoms with E-state index in [2.05, 4.69) is 10.3 Å². The third-order valence-corrected chi connectivity index (χ3v) is 1.83. The summed E-state index contributed by atoms with van der Waals surface area (Å²) in [5.74, 6) is -0.153. The maximum absolute atomic E-state index is 11.4. The van der Waals surface area contributed by atoms with Gasteiger partial charge in [0.15, 0.2) is 0 Å². The zero-order chi connectivity index (χ0) is 11.3. The molecule has 0 saturated heterocycles. The summed E-state index contributed by atoms with van der Waals surface area (Å²) in [6.07, 6.45) is 1.75. The van der Waals surface area contributed by atoms with Crippen LogP contribution >= 0.6 is 0 Å². The lowest BCUT2D eigenvalue weighted by atomic mass is 10.3. The minimum absolute atomic E-state index is 0.0609.